The van der Waals surface area contributed by atoms with Crippen LogP contribution in [-0.4, -0.2) is 33.2 Å². The maximum Gasteiger partial charge on any atom is 0.276 e. The minimum Gasteiger partial charge on any atom is -0.465 e. The molecule has 4 rings (SSSR count). The van der Waals surface area contributed by atoms with E-state index in [2.05, 4.69) is 15.3 Å². The minimum atomic E-state index is -0.295. The van der Waals surface area contributed by atoms with Crippen LogP contribution in [0.2, 0.25) is 0 Å². The standard InChI is InChI=1S/C19H16N4O3S/c24-17(7-6-13-4-3-11-26-13)23-10-8-14-16(12-23)27-19(21-14)22-18(25)15-5-1-2-9-20-15/h1-7,9,11H,8,10,12H2,(H,21,22,25)/b7-6+. The number of rotatable bonds is 4. The second-order valence-electron chi connectivity index (χ2n) is 5.92. The molecule has 0 saturated heterocycles. The maximum atomic E-state index is 12.4. The predicted octanol–water partition coefficient (Wildman–Crippen LogP) is 2.98. The topological polar surface area (TPSA) is 88.3 Å². The molecule has 3 aromatic rings. The van der Waals surface area contributed by atoms with Gasteiger partial charge in [-0.3, -0.25) is 19.9 Å². The van der Waals surface area contributed by atoms with Crippen molar-refractivity contribution < 1.29 is 14.0 Å². The van der Waals surface area contributed by atoms with Gasteiger partial charge in [0, 0.05) is 30.1 Å². The van der Waals surface area contributed by atoms with Crippen LogP contribution in [0.15, 0.2) is 53.3 Å². The molecule has 7 nitrogen and oxygen atoms in total. The van der Waals surface area contributed by atoms with Crippen molar-refractivity contribution in [2.45, 2.75) is 13.0 Å². The van der Waals surface area contributed by atoms with Gasteiger partial charge in [0.25, 0.3) is 5.91 Å². The second-order valence-corrected chi connectivity index (χ2v) is 7.00. The maximum absolute atomic E-state index is 12.4. The number of anilines is 1. The number of hydrogen-bond donors (Lipinski definition) is 1. The fourth-order valence-corrected chi connectivity index (χ4v) is 3.76. The first kappa shape index (κ1) is 17.2. The molecule has 1 aliphatic heterocycles. The Morgan fingerprint density at radius 2 is 2.19 bits per heavy atom. The third-order valence-corrected chi connectivity index (χ3v) is 5.09. The molecule has 4 heterocycles. The molecular formula is C19H16N4O3S. The molecule has 0 atom stereocenters. The third kappa shape index (κ3) is 3.95. The van der Waals surface area contributed by atoms with E-state index in [4.69, 9.17) is 4.42 Å². The van der Waals surface area contributed by atoms with Crippen molar-refractivity contribution in [1.82, 2.24) is 14.9 Å². The summed E-state index contributed by atoms with van der Waals surface area (Å²) in [5.41, 5.74) is 1.26. The molecule has 8 heteroatoms. The zero-order chi connectivity index (χ0) is 18.6. The van der Waals surface area contributed by atoms with E-state index < -0.39 is 0 Å². The first-order valence-electron chi connectivity index (χ1n) is 8.40. The Bertz CT molecular complexity index is 980. The Morgan fingerprint density at radius 3 is 2.96 bits per heavy atom. The van der Waals surface area contributed by atoms with Gasteiger partial charge in [-0.15, -0.1) is 0 Å². The van der Waals surface area contributed by atoms with Crippen LogP contribution in [0, 0.1) is 0 Å². The summed E-state index contributed by atoms with van der Waals surface area (Å²) in [6.45, 7) is 1.07. The first-order valence-corrected chi connectivity index (χ1v) is 9.22. The number of thiazole rings is 1. The summed E-state index contributed by atoms with van der Waals surface area (Å²) in [7, 11) is 0. The van der Waals surface area contributed by atoms with Gasteiger partial charge in [-0.2, -0.15) is 0 Å². The molecule has 0 unspecified atom stereocenters. The predicted molar refractivity (Wildman–Crippen MR) is 101 cm³/mol. The van der Waals surface area contributed by atoms with Gasteiger partial charge in [0.05, 0.1) is 18.5 Å². The van der Waals surface area contributed by atoms with E-state index in [-0.39, 0.29) is 11.8 Å². The number of carbonyl (C=O) groups excluding carboxylic acids is 2. The van der Waals surface area contributed by atoms with Crippen molar-refractivity contribution in [2.75, 3.05) is 11.9 Å². The van der Waals surface area contributed by atoms with Gasteiger partial charge >= 0.3 is 0 Å². The van der Waals surface area contributed by atoms with Gasteiger partial charge in [0.15, 0.2) is 5.13 Å². The van der Waals surface area contributed by atoms with Crippen LogP contribution in [0.5, 0.6) is 0 Å². The van der Waals surface area contributed by atoms with Crippen molar-refractivity contribution in [3.05, 3.63) is 70.9 Å². The number of amides is 2. The Labute approximate surface area is 159 Å². The molecule has 2 amide bonds. The number of furan rings is 1. The van der Waals surface area contributed by atoms with Crippen LogP contribution in [0.1, 0.15) is 26.8 Å². The molecule has 136 valence electrons. The zero-order valence-electron chi connectivity index (χ0n) is 14.3. The van der Waals surface area contributed by atoms with Gasteiger partial charge < -0.3 is 9.32 Å². The summed E-state index contributed by atoms with van der Waals surface area (Å²) in [5, 5.41) is 3.30. The van der Waals surface area contributed by atoms with Gasteiger partial charge in [-0.25, -0.2) is 4.98 Å². The highest BCUT2D eigenvalue weighted by Gasteiger charge is 2.23. The Balaban J connectivity index is 1.41. The van der Waals surface area contributed by atoms with Crippen LogP contribution in [-0.2, 0) is 17.8 Å². The fraction of sp³-hybridized carbons (Fsp3) is 0.158. The first-order chi connectivity index (χ1) is 13.2. The summed E-state index contributed by atoms with van der Waals surface area (Å²) < 4.78 is 5.19. The lowest BCUT2D eigenvalue weighted by Gasteiger charge is -2.24. The quantitative estimate of drug-likeness (QED) is 0.703. The van der Waals surface area contributed by atoms with Crippen LogP contribution < -0.4 is 5.32 Å². The number of pyridine rings is 1. The number of nitrogens with zero attached hydrogens (tertiary/aromatic N) is 3. The van der Waals surface area contributed by atoms with Crippen LogP contribution >= 0.6 is 11.3 Å². The van der Waals surface area contributed by atoms with Crippen molar-refractivity contribution >= 4 is 34.4 Å². The highest BCUT2D eigenvalue weighted by Crippen LogP contribution is 2.28. The van der Waals surface area contributed by atoms with Crippen molar-refractivity contribution in [3.8, 4) is 0 Å². The largest absolute Gasteiger partial charge is 0.465 e. The van der Waals surface area contributed by atoms with E-state index >= 15 is 0 Å². The Kier molecular flexibility index (Phi) is 4.80. The smallest absolute Gasteiger partial charge is 0.276 e. The number of aromatic nitrogens is 2. The number of nitrogens with one attached hydrogen (secondary N) is 1. The molecule has 0 bridgehead atoms. The van der Waals surface area contributed by atoms with E-state index in [1.54, 1.807) is 53.8 Å². The molecule has 0 spiro atoms. The SMILES string of the molecule is O=C(Nc1nc2c(s1)CN(C(=O)/C=C/c1ccco1)CC2)c1ccccn1. The molecule has 27 heavy (non-hydrogen) atoms. The van der Waals surface area contributed by atoms with E-state index in [0.29, 0.717) is 36.1 Å². The van der Waals surface area contributed by atoms with Gasteiger partial charge in [0.2, 0.25) is 5.91 Å². The average Bonchev–Trinajstić information content (AvgIpc) is 3.35. The third-order valence-electron chi connectivity index (χ3n) is 4.09. The molecule has 1 N–H and O–H groups in total. The summed E-state index contributed by atoms with van der Waals surface area (Å²) in [5.74, 6) is 0.263. The highest BCUT2D eigenvalue weighted by atomic mass is 32.1. The van der Waals surface area contributed by atoms with Crippen LogP contribution in [0.25, 0.3) is 6.08 Å². The van der Waals surface area contributed by atoms with Crippen molar-refractivity contribution in [3.63, 3.8) is 0 Å². The van der Waals surface area contributed by atoms with E-state index in [9.17, 15) is 9.59 Å². The second kappa shape index (κ2) is 7.55. The van der Waals surface area contributed by atoms with Gasteiger partial charge in [-0.05, 0) is 30.3 Å². The minimum absolute atomic E-state index is 0.0791. The lowest BCUT2D eigenvalue weighted by molar-refractivity contribution is -0.126. The Morgan fingerprint density at radius 1 is 1.26 bits per heavy atom. The molecule has 1 aliphatic rings. The van der Waals surface area contributed by atoms with E-state index in [0.717, 1.165) is 10.6 Å². The average molecular weight is 380 g/mol. The highest BCUT2D eigenvalue weighted by molar-refractivity contribution is 7.15. The summed E-state index contributed by atoms with van der Waals surface area (Å²) >= 11 is 1.39. The molecular weight excluding hydrogens is 364 g/mol. The molecule has 0 aliphatic carbocycles. The van der Waals surface area contributed by atoms with E-state index in [1.165, 1.54) is 17.4 Å². The lowest BCUT2D eigenvalue weighted by atomic mass is 10.2. The molecule has 0 saturated carbocycles. The Hall–Kier alpha value is -3.26. The van der Waals surface area contributed by atoms with Crippen molar-refractivity contribution in [2.24, 2.45) is 0 Å². The molecule has 0 fully saturated rings. The zero-order valence-corrected chi connectivity index (χ0v) is 15.1. The monoisotopic (exact) mass is 380 g/mol. The molecule has 3 aromatic heterocycles. The molecule has 0 aromatic carbocycles. The number of hydrogen-bond acceptors (Lipinski definition) is 6. The van der Waals surface area contributed by atoms with Gasteiger partial charge in [-0.1, -0.05) is 17.4 Å². The van der Waals surface area contributed by atoms with E-state index in [1.807, 2.05) is 0 Å². The number of carbonyl (C=O) groups is 2. The number of fused-ring (bicyclic) bond motifs is 1. The summed E-state index contributed by atoms with van der Waals surface area (Å²) in [4.78, 5) is 35.8. The molecule has 0 radical (unpaired) electrons. The lowest BCUT2D eigenvalue weighted by Crippen LogP contribution is -2.34. The fourth-order valence-electron chi connectivity index (χ4n) is 2.74. The van der Waals surface area contributed by atoms with Crippen molar-refractivity contribution in [1.29, 1.82) is 0 Å². The normalized spacial score (nSPS) is 13.6. The summed E-state index contributed by atoms with van der Waals surface area (Å²) in [6.07, 6.45) is 6.96. The summed E-state index contributed by atoms with van der Waals surface area (Å²) in [6, 6.07) is 8.72. The van der Waals surface area contributed by atoms with Gasteiger partial charge in [0.1, 0.15) is 11.5 Å². The van der Waals surface area contributed by atoms with Crippen LogP contribution in [0.4, 0.5) is 5.13 Å². The van der Waals surface area contributed by atoms with Crippen LogP contribution in [0.3, 0.4) is 0 Å².